The quantitative estimate of drug-likeness (QED) is 0.414. The van der Waals surface area contributed by atoms with E-state index in [1.165, 1.54) is 10.5 Å². The van der Waals surface area contributed by atoms with Gasteiger partial charge in [0.2, 0.25) is 0 Å². The van der Waals surface area contributed by atoms with E-state index in [2.05, 4.69) is 13.8 Å². The molecule has 1 amide bonds. The Labute approximate surface area is 189 Å². The summed E-state index contributed by atoms with van der Waals surface area (Å²) in [6.45, 7) is 8.64. The summed E-state index contributed by atoms with van der Waals surface area (Å²) in [7, 11) is 0. The zero-order valence-electron chi connectivity index (χ0n) is 18.7. The molecule has 2 aliphatic rings. The number of hydrogen-bond donors (Lipinski definition) is 2. The minimum Gasteiger partial charge on any atom is -0.507 e. The molecule has 0 aliphatic carbocycles. The number of rotatable bonds is 6. The van der Waals surface area contributed by atoms with Gasteiger partial charge in [-0.15, -0.1) is 0 Å². The number of ketones is 1. The van der Waals surface area contributed by atoms with Crippen LogP contribution in [0.5, 0.6) is 0 Å². The fourth-order valence-electron chi connectivity index (χ4n) is 4.46. The maximum Gasteiger partial charge on any atom is 0.295 e. The third kappa shape index (κ3) is 4.47. The van der Waals surface area contributed by atoms with Gasteiger partial charge in [0.15, 0.2) is 0 Å². The number of nitrogens with zero attached hydrogens (tertiary/aromatic N) is 1. The highest BCUT2D eigenvalue weighted by atomic mass is 16.5. The van der Waals surface area contributed by atoms with E-state index in [1.54, 1.807) is 29.2 Å². The lowest BCUT2D eigenvalue weighted by Crippen LogP contribution is -3.14. The molecule has 32 heavy (non-hydrogen) atoms. The van der Waals surface area contributed by atoms with Crippen LogP contribution in [0.25, 0.3) is 5.76 Å². The molecule has 2 aromatic carbocycles. The SMILES string of the molecule is CC(C)c1ccc([C@H]2C(=C(O)c3ccccc3)C(=O)C(=O)N2CC[NH+]2CCOCC2)cc1. The van der Waals surface area contributed by atoms with E-state index in [9.17, 15) is 14.7 Å². The topological polar surface area (TPSA) is 71.3 Å². The fourth-order valence-corrected chi connectivity index (χ4v) is 4.46. The molecule has 0 saturated carbocycles. The van der Waals surface area contributed by atoms with Gasteiger partial charge in [-0.1, -0.05) is 68.4 Å². The van der Waals surface area contributed by atoms with Gasteiger partial charge in [0.25, 0.3) is 11.7 Å². The molecule has 2 fully saturated rings. The molecule has 0 bridgehead atoms. The lowest BCUT2D eigenvalue weighted by molar-refractivity contribution is -0.907. The Kier molecular flexibility index (Phi) is 6.72. The van der Waals surface area contributed by atoms with Gasteiger partial charge in [0.05, 0.1) is 37.9 Å². The summed E-state index contributed by atoms with van der Waals surface area (Å²) in [6, 6.07) is 16.4. The summed E-state index contributed by atoms with van der Waals surface area (Å²) < 4.78 is 5.43. The second kappa shape index (κ2) is 9.67. The van der Waals surface area contributed by atoms with Gasteiger partial charge in [-0.05, 0) is 17.0 Å². The third-order valence-corrected chi connectivity index (χ3v) is 6.41. The maximum atomic E-state index is 13.1. The van der Waals surface area contributed by atoms with E-state index in [-0.39, 0.29) is 11.3 Å². The molecule has 2 heterocycles. The van der Waals surface area contributed by atoms with E-state index in [0.29, 0.717) is 31.2 Å². The van der Waals surface area contributed by atoms with Crippen LogP contribution < -0.4 is 4.90 Å². The lowest BCUT2D eigenvalue weighted by atomic mass is 9.93. The van der Waals surface area contributed by atoms with Gasteiger partial charge < -0.3 is 19.6 Å². The third-order valence-electron chi connectivity index (χ3n) is 6.41. The summed E-state index contributed by atoms with van der Waals surface area (Å²) in [6.07, 6.45) is 0. The average molecular weight is 436 g/mol. The minimum atomic E-state index is -0.624. The first-order valence-electron chi connectivity index (χ1n) is 11.3. The normalized spacial score (nSPS) is 21.5. The molecule has 0 unspecified atom stereocenters. The van der Waals surface area contributed by atoms with E-state index in [1.807, 2.05) is 30.3 Å². The van der Waals surface area contributed by atoms with Crippen molar-refractivity contribution in [3.63, 3.8) is 0 Å². The summed E-state index contributed by atoms with van der Waals surface area (Å²) >= 11 is 0. The number of ether oxygens (including phenoxy) is 1. The molecular formula is C26H31N2O4+. The number of carbonyl (C=O) groups is 2. The second-order valence-corrected chi connectivity index (χ2v) is 8.79. The van der Waals surface area contributed by atoms with E-state index < -0.39 is 17.7 Å². The zero-order chi connectivity index (χ0) is 22.7. The van der Waals surface area contributed by atoms with Crippen molar-refractivity contribution in [3.05, 3.63) is 76.9 Å². The number of aliphatic hydroxyl groups is 1. The van der Waals surface area contributed by atoms with E-state index in [0.717, 1.165) is 25.2 Å². The van der Waals surface area contributed by atoms with Gasteiger partial charge >= 0.3 is 0 Å². The highest BCUT2D eigenvalue weighted by Gasteiger charge is 2.46. The van der Waals surface area contributed by atoms with Gasteiger partial charge in [-0.2, -0.15) is 0 Å². The number of benzene rings is 2. The van der Waals surface area contributed by atoms with Crippen LogP contribution in [0.2, 0.25) is 0 Å². The summed E-state index contributed by atoms with van der Waals surface area (Å²) in [5.74, 6) is -0.915. The van der Waals surface area contributed by atoms with Crippen molar-refractivity contribution in [1.29, 1.82) is 0 Å². The Balaban J connectivity index is 1.72. The van der Waals surface area contributed by atoms with Crippen molar-refractivity contribution in [1.82, 2.24) is 4.90 Å². The van der Waals surface area contributed by atoms with Crippen LogP contribution in [0.3, 0.4) is 0 Å². The minimum absolute atomic E-state index is 0.122. The Morgan fingerprint density at radius 2 is 1.72 bits per heavy atom. The summed E-state index contributed by atoms with van der Waals surface area (Å²) in [5.41, 5.74) is 2.72. The largest absolute Gasteiger partial charge is 0.507 e. The second-order valence-electron chi connectivity index (χ2n) is 8.79. The number of aliphatic hydroxyl groups excluding tert-OH is 1. The van der Waals surface area contributed by atoms with Crippen LogP contribution >= 0.6 is 0 Å². The smallest absolute Gasteiger partial charge is 0.295 e. The molecular weight excluding hydrogens is 404 g/mol. The van der Waals surface area contributed by atoms with Gasteiger partial charge in [-0.25, -0.2) is 0 Å². The molecule has 0 aromatic heterocycles. The standard InChI is InChI=1S/C26H30N2O4/c1-18(2)19-8-10-20(11-9-19)23-22(24(29)21-6-4-3-5-7-21)25(30)26(31)28(23)13-12-27-14-16-32-17-15-27/h3-11,18,23,29H,12-17H2,1-2H3/p+1/t23-/m0/s1. The average Bonchev–Trinajstić information content (AvgIpc) is 3.08. The molecule has 4 rings (SSSR count). The Morgan fingerprint density at radius 3 is 2.34 bits per heavy atom. The zero-order valence-corrected chi connectivity index (χ0v) is 18.7. The predicted molar refractivity (Wildman–Crippen MR) is 122 cm³/mol. The van der Waals surface area contributed by atoms with Crippen LogP contribution in [0.1, 0.15) is 42.5 Å². The molecule has 2 saturated heterocycles. The predicted octanol–water partition coefficient (Wildman–Crippen LogP) is 2.15. The number of morpholine rings is 1. The molecule has 0 radical (unpaired) electrons. The van der Waals surface area contributed by atoms with Crippen LogP contribution in [0.4, 0.5) is 0 Å². The molecule has 6 heteroatoms. The molecule has 2 aromatic rings. The van der Waals surface area contributed by atoms with E-state index in [4.69, 9.17) is 4.74 Å². The first kappa shape index (κ1) is 22.2. The maximum absolute atomic E-state index is 13.1. The molecule has 1 atom stereocenters. The summed E-state index contributed by atoms with van der Waals surface area (Å²) in [5, 5.41) is 11.1. The highest BCUT2D eigenvalue weighted by Crippen LogP contribution is 2.39. The van der Waals surface area contributed by atoms with Crippen LogP contribution in [0, 0.1) is 0 Å². The molecule has 2 N–H and O–H groups in total. The Hall–Kier alpha value is -2.96. The Bertz CT molecular complexity index is 992. The number of Topliss-reactive ketones (excluding diaryl/α,β-unsaturated/α-hetero) is 1. The molecule has 168 valence electrons. The highest BCUT2D eigenvalue weighted by molar-refractivity contribution is 6.46. The summed E-state index contributed by atoms with van der Waals surface area (Å²) in [4.78, 5) is 29.2. The Morgan fingerprint density at radius 1 is 1.06 bits per heavy atom. The molecule has 2 aliphatic heterocycles. The van der Waals surface area contributed by atoms with Gasteiger partial charge in [0.1, 0.15) is 18.8 Å². The fraction of sp³-hybridized carbons (Fsp3) is 0.385. The van der Waals surface area contributed by atoms with Crippen molar-refractivity contribution in [2.75, 3.05) is 39.4 Å². The van der Waals surface area contributed by atoms with Crippen molar-refractivity contribution in [3.8, 4) is 0 Å². The number of carbonyl (C=O) groups excluding carboxylic acids is 2. The number of hydrogen-bond acceptors (Lipinski definition) is 4. The first-order valence-corrected chi connectivity index (χ1v) is 11.3. The van der Waals surface area contributed by atoms with Gasteiger partial charge in [-0.3, -0.25) is 9.59 Å². The number of likely N-dealkylation sites (tertiary alicyclic amines) is 1. The van der Waals surface area contributed by atoms with E-state index >= 15 is 0 Å². The lowest BCUT2D eigenvalue weighted by Gasteiger charge is -2.29. The van der Waals surface area contributed by atoms with Crippen LogP contribution in [-0.4, -0.2) is 61.1 Å². The molecule has 0 spiro atoms. The van der Waals surface area contributed by atoms with Gasteiger partial charge in [0, 0.05) is 5.56 Å². The number of nitrogens with one attached hydrogen (secondary N) is 1. The van der Waals surface area contributed by atoms with Crippen LogP contribution in [0.15, 0.2) is 60.2 Å². The monoisotopic (exact) mass is 435 g/mol. The first-order chi connectivity index (χ1) is 15.5. The van der Waals surface area contributed by atoms with Crippen molar-refractivity contribution < 1.29 is 24.3 Å². The number of quaternary nitrogens is 1. The van der Waals surface area contributed by atoms with Crippen molar-refractivity contribution in [2.24, 2.45) is 0 Å². The molecule has 6 nitrogen and oxygen atoms in total. The van der Waals surface area contributed by atoms with Crippen molar-refractivity contribution in [2.45, 2.75) is 25.8 Å². The van der Waals surface area contributed by atoms with Crippen molar-refractivity contribution >= 4 is 17.4 Å². The van der Waals surface area contributed by atoms with Crippen LogP contribution in [-0.2, 0) is 14.3 Å². The number of amides is 1.